The van der Waals surface area contributed by atoms with E-state index in [1.165, 1.54) is 0 Å². The van der Waals surface area contributed by atoms with E-state index in [2.05, 4.69) is 0 Å². The molecule has 3 heteroatoms. The van der Waals surface area contributed by atoms with Gasteiger partial charge in [0.25, 0.3) is 0 Å². The van der Waals surface area contributed by atoms with E-state index in [9.17, 15) is 0 Å². The number of benzene rings is 1. The number of para-hydroxylation sites is 1. The molecule has 0 spiro atoms. The van der Waals surface area contributed by atoms with Gasteiger partial charge in [-0.1, -0.05) is 18.2 Å². The van der Waals surface area contributed by atoms with E-state index in [-0.39, 0.29) is 12.5 Å². The predicted octanol–water partition coefficient (Wildman–Crippen LogP) is 2.75. The minimum atomic E-state index is -0.107. The van der Waals surface area contributed by atoms with Crippen LogP contribution < -0.4 is 0 Å². The minimum absolute atomic E-state index is 0.0172. The summed E-state index contributed by atoms with van der Waals surface area (Å²) < 4.78 is 5.57. The van der Waals surface area contributed by atoms with Crippen LogP contribution in [0.15, 0.2) is 34.7 Å². The number of furan rings is 1. The highest BCUT2D eigenvalue weighted by molar-refractivity contribution is 6.18. The summed E-state index contributed by atoms with van der Waals surface area (Å²) in [7, 11) is 0. The number of halogens is 1. The van der Waals surface area contributed by atoms with Crippen molar-refractivity contribution in [3.8, 4) is 0 Å². The van der Waals surface area contributed by atoms with Crippen molar-refractivity contribution >= 4 is 22.6 Å². The molecule has 2 nitrogen and oxygen atoms in total. The van der Waals surface area contributed by atoms with Crippen molar-refractivity contribution in [2.24, 2.45) is 0 Å². The second kappa shape index (κ2) is 4.03. The quantitative estimate of drug-likeness (QED) is 0.791. The molecule has 74 valence electrons. The summed E-state index contributed by atoms with van der Waals surface area (Å²) in [6.07, 6.45) is 0. The van der Waals surface area contributed by atoms with Gasteiger partial charge in [-0.3, -0.25) is 0 Å². The van der Waals surface area contributed by atoms with Gasteiger partial charge < -0.3 is 9.52 Å². The third-order valence-electron chi connectivity index (χ3n) is 2.25. The van der Waals surface area contributed by atoms with Gasteiger partial charge in [-0.15, -0.1) is 11.6 Å². The first-order valence-corrected chi connectivity index (χ1v) is 5.04. The second-order valence-electron chi connectivity index (χ2n) is 3.22. The molecule has 1 heterocycles. The van der Waals surface area contributed by atoms with Gasteiger partial charge in [-0.25, -0.2) is 0 Å². The SMILES string of the molecule is OC[C@@H](CCl)c1cc2ccccc2o1. The van der Waals surface area contributed by atoms with Crippen LogP contribution in [-0.4, -0.2) is 17.6 Å². The van der Waals surface area contributed by atoms with Gasteiger partial charge in [-0.05, 0) is 12.1 Å². The normalized spacial score (nSPS) is 13.3. The monoisotopic (exact) mass is 210 g/mol. The lowest BCUT2D eigenvalue weighted by Gasteiger charge is -2.04. The standard InChI is InChI=1S/C11H11ClO2/c12-6-9(7-13)11-5-8-3-1-2-4-10(8)14-11/h1-5,9,13H,6-7H2/t9-/m1/s1. The molecule has 0 unspecified atom stereocenters. The van der Waals surface area contributed by atoms with Gasteiger partial charge in [0.05, 0.1) is 12.5 Å². The molecule has 0 fully saturated rings. The molecule has 0 bridgehead atoms. The summed E-state index contributed by atoms with van der Waals surface area (Å²) in [6.45, 7) is 0.0172. The minimum Gasteiger partial charge on any atom is -0.461 e. The molecule has 1 N–H and O–H groups in total. The third-order valence-corrected chi connectivity index (χ3v) is 2.63. The third kappa shape index (κ3) is 1.63. The van der Waals surface area contributed by atoms with E-state index in [4.69, 9.17) is 21.1 Å². The maximum absolute atomic E-state index is 9.06. The summed E-state index contributed by atoms with van der Waals surface area (Å²) in [4.78, 5) is 0. The zero-order chi connectivity index (χ0) is 9.97. The molecule has 0 aliphatic carbocycles. The zero-order valence-electron chi connectivity index (χ0n) is 7.61. The maximum Gasteiger partial charge on any atom is 0.134 e. The summed E-state index contributed by atoms with van der Waals surface area (Å²) >= 11 is 5.71. The van der Waals surface area contributed by atoms with Crippen molar-refractivity contribution in [1.82, 2.24) is 0 Å². The highest BCUT2D eigenvalue weighted by Gasteiger charge is 2.13. The summed E-state index contributed by atoms with van der Waals surface area (Å²) in [5.74, 6) is 1.02. The van der Waals surface area contributed by atoms with E-state index in [1.807, 2.05) is 30.3 Å². The zero-order valence-corrected chi connectivity index (χ0v) is 8.37. The smallest absolute Gasteiger partial charge is 0.134 e. The average molecular weight is 211 g/mol. The molecular formula is C11H11ClO2. The van der Waals surface area contributed by atoms with Gasteiger partial charge >= 0.3 is 0 Å². The van der Waals surface area contributed by atoms with E-state index < -0.39 is 0 Å². The number of hydrogen-bond acceptors (Lipinski definition) is 2. The summed E-state index contributed by atoms with van der Waals surface area (Å²) in [6, 6.07) is 9.69. The number of aliphatic hydroxyl groups is 1. The van der Waals surface area contributed by atoms with Crippen LogP contribution in [0.1, 0.15) is 11.7 Å². The molecule has 1 atom stereocenters. The Balaban J connectivity index is 2.43. The fourth-order valence-corrected chi connectivity index (χ4v) is 1.67. The predicted molar refractivity (Wildman–Crippen MR) is 56.8 cm³/mol. The highest BCUT2D eigenvalue weighted by Crippen LogP contribution is 2.25. The Morgan fingerprint density at radius 3 is 2.79 bits per heavy atom. The van der Waals surface area contributed by atoms with E-state index in [1.54, 1.807) is 0 Å². The molecule has 0 radical (unpaired) electrons. The first-order valence-electron chi connectivity index (χ1n) is 4.50. The van der Waals surface area contributed by atoms with Gasteiger partial charge in [0.2, 0.25) is 0 Å². The average Bonchev–Trinajstić information content (AvgIpc) is 2.63. The van der Waals surface area contributed by atoms with Crippen LogP contribution in [0.3, 0.4) is 0 Å². The van der Waals surface area contributed by atoms with Gasteiger partial charge in [0.1, 0.15) is 11.3 Å². The fraction of sp³-hybridized carbons (Fsp3) is 0.273. The molecule has 0 aliphatic rings. The Bertz CT molecular complexity index is 385. The molecule has 2 aromatic rings. The molecule has 1 aromatic carbocycles. The Labute approximate surface area is 87.1 Å². The lowest BCUT2D eigenvalue weighted by Crippen LogP contribution is -2.03. The van der Waals surface area contributed by atoms with Crippen molar-refractivity contribution in [1.29, 1.82) is 0 Å². The Kier molecular flexibility index (Phi) is 2.75. The van der Waals surface area contributed by atoms with E-state index in [0.29, 0.717) is 5.88 Å². The summed E-state index contributed by atoms with van der Waals surface area (Å²) in [5, 5.41) is 10.1. The van der Waals surface area contributed by atoms with Crippen molar-refractivity contribution in [3.05, 3.63) is 36.1 Å². The highest BCUT2D eigenvalue weighted by atomic mass is 35.5. The number of fused-ring (bicyclic) bond motifs is 1. The van der Waals surface area contributed by atoms with Crippen molar-refractivity contribution in [2.45, 2.75) is 5.92 Å². The summed E-state index contributed by atoms with van der Waals surface area (Å²) in [5.41, 5.74) is 0.839. The van der Waals surface area contributed by atoms with Gasteiger partial charge in [0, 0.05) is 11.3 Å². The number of hydrogen-bond donors (Lipinski definition) is 1. The van der Waals surface area contributed by atoms with Crippen LogP contribution in [0.4, 0.5) is 0 Å². The van der Waals surface area contributed by atoms with Crippen LogP contribution in [0, 0.1) is 0 Å². The lowest BCUT2D eigenvalue weighted by molar-refractivity contribution is 0.261. The molecule has 1 aromatic heterocycles. The molecule has 14 heavy (non-hydrogen) atoms. The van der Waals surface area contributed by atoms with E-state index >= 15 is 0 Å². The maximum atomic E-state index is 9.06. The molecule has 2 rings (SSSR count). The Morgan fingerprint density at radius 2 is 2.14 bits per heavy atom. The van der Waals surface area contributed by atoms with E-state index in [0.717, 1.165) is 16.7 Å². The van der Waals surface area contributed by atoms with Crippen molar-refractivity contribution in [2.75, 3.05) is 12.5 Å². The Hall–Kier alpha value is -0.990. The van der Waals surface area contributed by atoms with Gasteiger partial charge in [-0.2, -0.15) is 0 Å². The molecule has 0 amide bonds. The number of alkyl halides is 1. The van der Waals surface area contributed by atoms with Crippen LogP contribution in [-0.2, 0) is 0 Å². The number of rotatable bonds is 3. The van der Waals surface area contributed by atoms with Crippen molar-refractivity contribution in [3.63, 3.8) is 0 Å². The van der Waals surface area contributed by atoms with Crippen molar-refractivity contribution < 1.29 is 9.52 Å². The largest absolute Gasteiger partial charge is 0.461 e. The molecule has 0 aliphatic heterocycles. The topological polar surface area (TPSA) is 33.4 Å². The molecule has 0 saturated carbocycles. The van der Waals surface area contributed by atoms with Crippen LogP contribution >= 0.6 is 11.6 Å². The molecule has 0 saturated heterocycles. The van der Waals surface area contributed by atoms with Crippen LogP contribution in [0.25, 0.3) is 11.0 Å². The number of aliphatic hydroxyl groups excluding tert-OH is 1. The lowest BCUT2D eigenvalue weighted by atomic mass is 10.1. The Morgan fingerprint density at radius 1 is 1.36 bits per heavy atom. The first-order chi connectivity index (χ1) is 6.85. The van der Waals surface area contributed by atoms with Gasteiger partial charge in [0.15, 0.2) is 0 Å². The van der Waals surface area contributed by atoms with Crippen LogP contribution in [0.2, 0.25) is 0 Å². The van der Waals surface area contributed by atoms with Crippen LogP contribution in [0.5, 0.6) is 0 Å². The first kappa shape index (κ1) is 9.56. The fourth-order valence-electron chi connectivity index (χ4n) is 1.42. The molecular weight excluding hydrogens is 200 g/mol. The second-order valence-corrected chi connectivity index (χ2v) is 3.53.